The molecule has 0 spiro atoms. The number of non-ortho nitro benzene ring substituents is 1. The number of nitro groups is 1. The first-order chi connectivity index (χ1) is 9.49. The Balaban J connectivity index is 2.14. The number of nitrogens with one attached hydrogen (secondary N) is 1. The Morgan fingerprint density at radius 3 is 2.90 bits per heavy atom. The number of hydrogen-bond donors (Lipinski definition) is 1. The highest BCUT2D eigenvalue weighted by atomic mass is 16.6. The lowest BCUT2D eigenvalue weighted by molar-refractivity contribution is -0.384. The Kier molecular flexibility index (Phi) is 4.34. The lowest BCUT2D eigenvalue weighted by Crippen LogP contribution is -2.38. The van der Waals surface area contributed by atoms with Crippen LogP contribution in [0.3, 0.4) is 0 Å². The monoisotopic (exact) mass is 277 g/mol. The fraction of sp³-hybridized carbons (Fsp3) is 0.500. The van der Waals surface area contributed by atoms with Crippen LogP contribution in [0.5, 0.6) is 0 Å². The average molecular weight is 277 g/mol. The molecule has 1 atom stereocenters. The van der Waals surface area contributed by atoms with Crippen molar-refractivity contribution in [3.05, 3.63) is 39.4 Å². The van der Waals surface area contributed by atoms with Gasteiger partial charge in [-0.1, -0.05) is 6.07 Å². The van der Waals surface area contributed by atoms with Gasteiger partial charge in [-0.2, -0.15) is 0 Å². The third-order valence-electron chi connectivity index (χ3n) is 3.67. The van der Waals surface area contributed by atoms with E-state index in [0.717, 1.165) is 24.9 Å². The summed E-state index contributed by atoms with van der Waals surface area (Å²) in [5.41, 5.74) is 1.11. The molecule has 1 aliphatic heterocycles. The molecule has 1 aliphatic rings. The second kappa shape index (κ2) is 6.00. The number of carbonyl (C=O) groups excluding carboxylic acids is 1. The smallest absolute Gasteiger partial charge is 0.270 e. The summed E-state index contributed by atoms with van der Waals surface area (Å²) < 4.78 is 0. The minimum absolute atomic E-state index is 0.0497. The molecule has 20 heavy (non-hydrogen) atoms. The van der Waals surface area contributed by atoms with E-state index in [1.165, 1.54) is 12.1 Å². The van der Waals surface area contributed by atoms with Crippen LogP contribution in [0.1, 0.15) is 28.8 Å². The Morgan fingerprint density at radius 1 is 1.55 bits per heavy atom. The minimum Gasteiger partial charge on any atom is -0.340 e. The van der Waals surface area contributed by atoms with E-state index in [-0.39, 0.29) is 11.6 Å². The third kappa shape index (κ3) is 3.14. The first kappa shape index (κ1) is 14.5. The Labute approximate surface area is 117 Å². The summed E-state index contributed by atoms with van der Waals surface area (Å²) in [6.07, 6.45) is 2.19. The molecular formula is C14H19N3O3. The number of amides is 1. The quantitative estimate of drug-likeness (QED) is 0.671. The maximum absolute atomic E-state index is 12.4. The van der Waals surface area contributed by atoms with E-state index in [4.69, 9.17) is 0 Å². The van der Waals surface area contributed by atoms with E-state index in [1.807, 2.05) is 0 Å². The molecular weight excluding hydrogens is 258 g/mol. The van der Waals surface area contributed by atoms with Gasteiger partial charge in [-0.3, -0.25) is 14.9 Å². The van der Waals surface area contributed by atoms with E-state index in [2.05, 4.69) is 5.32 Å². The van der Waals surface area contributed by atoms with Crippen molar-refractivity contribution in [1.29, 1.82) is 0 Å². The fourth-order valence-electron chi connectivity index (χ4n) is 2.49. The predicted octanol–water partition coefficient (Wildman–Crippen LogP) is 1.73. The van der Waals surface area contributed by atoms with Crippen molar-refractivity contribution < 1.29 is 9.72 Å². The van der Waals surface area contributed by atoms with Gasteiger partial charge in [0.15, 0.2) is 0 Å². The van der Waals surface area contributed by atoms with Crippen molar-refractivity contribution in [3.8, 4) is 0 Å². The predicted molar refractivity (Wildman–Crippen MR) is 75.8 cm³/mol. The van der Waals surface area contributed by atoms with Crippen LogP contribution in [0.25, 0.3) is 0 Å². The van der Waals surface area contributed by atoms with Gasteiger partial charge in [0.25, 0.3) is 11.6 Å². The molecule has 0 aliphatic carbocycles. The fourth-order valence-corrected chi connectivity index (χ4v) is 2.49. The van der Waals surface area contributed by atoms with Crippen LogP contribution in [0.15, 0.2) is 18.2 Å². The topological polar surface area (TPSA) is 75.5 Å². The summed E-state index contributed by atoms with van der Waals surface area (Å²) in [5.74, 6) is -0.167. The van der Waals surface area contributed by atoms with E-state index in [9.17, 15) is 14.9 Å². The molecule has 1 aromatic rings. The SMILES string of the molecule is Cc1ccc([N+](=O)[O-])cc1C(=O)N(C)CC1CCCN1. The first-order valence-corrected chi connectivity index (χ1v) is 6.73. The number of carbonyl (C=O) groups is 1. The van der Waals surface area contributed by atoms with Gasteiger partial charge in [0.2, 0.25) is 0 Å². The van der Waals surface area contributed by atoms with Crippen molar-refractivity contribution in [2.75, 3.05) is 20.1 Å². The molecule has 1 aromatic carbocycles. The summed E-state index contributed by atoms with van der Waals surface area (Å²) in [6, 6.07) is 4.72. The van der Waals surface area contributed by atoms with Crippen LogP contribution >= 0.6 is 0 Å². The number of hydrogen-bond acceptors (Lipinski definition) is 4. The molecule has 0 bridgehead atoms. The molecule has 6 heteroatoms. The van der Waals surface area contributed by atoms with Crippen LogP contribution < -0.4 is 5.32 Å². The van der Waals surface area contributed by atoms with E-state index in [1.54, 1.807) is 24.9 Å². The van der Waals surface area contributed by atoms with Gasteiger partial charge in [0, 0.05) is 37.3 Å². The van der Waals surface area contributed by atoms with Crippen molar-refractivity contribution in [3.63, 3.8) is 0 Å². The van der Waals surface area contributed by atoms with Gasteiger partial charge >= 0.3 is 0 Å². The normalized spacial score (nSPS) is 18.0. The number of aryl methyl sites for hydroxylation is 1. The van der Waals surface area contributed by atoms with Crippen LogP contribution in [0.2, 0.25) is 0 Å². The molecule has 1 saturated heterocycles. The first-order valence-electron chi connectivity index (χ1n) is 6.73. The van der Waals surface area contributed by atoms with Crippen molar-refractivity contribution >= 4 is 11.6 Å². The van der Waals surface area contributed by atoms with Crippen LogP contribution in [0.4, 0.5) is 5.69 Å². The molecule has 108 valence electrons. The third-order valence-corrected chi connectivity index (χ3v) is 3.67. The number of benzene rings is 1. The maximum Gasteiger partial charge on any atom is 0.270 e. The lowest BCUT2D eigenvalue weighted by atomic mass is 10.1. The lowest BCUT2D eigenvalue weighted by Gasteiger charge is -2.22. The van der Waals surface area contributed by atoms with E-state index >= 15 is 0 Å². The second-order valence-corrected chi connectivity index (χ2v) is 5.24. The second-order valence-electron chi connectivity index (χ2n) is 5.24. The summed E-state index contributed by atoms with van der Waals surface area (Å²) >= 11 is 0. The Morgan fingerprint density at radius 2 is 2.30 bits per heavy atom. The highest BCUT2D eigenvalue weighted by Gasteiger charge is 2.22. The van der Waals surface area contributed by atoms with E-state index < -0.39 is 4.92 Å². The molecule has 6 nitrogen and oxygen atoms in total. The maximum atomic E-state index is 12.4. The van der Waals surface area contributed by atoms with Crippen molar-refractivity contribution in [2.45, 2.75) is 25.8 Å². The standard InChI is InChI=1S/C14H19N3O3/c1-10-5-6-12(17(19)20)8-13(10)14(18)16(2)9-11-4-3-7-15-11/h5-6,8,11,15H,3-4,7,9H2,1-2H3. The molecule has 2 rings (SSSR count). The van der Waals surface area contributed by atoms with Crippen LogP contribution in [-0.2, 0) is 0 Å². The van der Waals surface area contributed by atoms with Gasteiger partial charge in [-0.15, -0.1) is 0 Å². The van der Waals surface area contributed by atoms with Crippen molar-refractivity contribution in [1.82, 2.24) is 10.2 Å². The molecule has 1 amide bonds. The van der Waals surface area contributed by atoms with Crippen LogP contribution in [0, 0.1) is 17.0 Å². The zero-order valence-corrected chi connectivity index (χ0v) is 11.8. The number of nitro benzene ring substituents is 1. The molecule has 1 fully saturated rings. The summed E-state index contributed by atoms with van der Waals surface area (Å²) in [6.45, 7) is 3.40. The summed E-state index contributed by atoms with van der Waals surface area (Å²) in [7, 11) is 1.74. The molecule has 1 unspecified atom stereocenters. The average Bonchev–Trinajstić information content (AvgIpc) is 2.91. The summed E-state index contributed by atoms with van der Waals surface area (Å²) in [4.78, 5) is 24.4. The van der Waals surface area contributed by atoms with Gasteiger partial charge in [0.1, 0.15) is 0 Å². The number of nitrogens with zero attached hydrogens (tertiary/aromatic N) is 2. The number of likely N-dealkylation sites (N-methyl/N-ethyl adjacent to an activating group) is 1. The highest BCUT2D eigenvalue weighted by Crippen LogP contribution is 2.19. The highest BCUT2D eigenvalue weighted by molar-refractivity contribution is 5.96. The number of rotatable bonds is 4. The zero-order chi connectivity index (χ0) is 14.7. The van der Waals surface area contributed by atoms with Crippen LogP contribution in [-0.4, -0.2) is 41.9 Å². The molecule has 1 N–H and O–H groups in total. The zero-order valence-electron chi connectivity index (χ0n) is 11.8. The molecule has 0 aromatic heterocycles. The van der Waals surface area contributed by atoms with E-state index in [0.29, 0.717) is 18.2 Å². The van der Waals surface area contributed by atoms with Gasteiger partial charge in [-0.05, 0) is 31.9 Å². The molecule has 1 heterocycles. The van der Waals surface area contributed by atoms with Gasteiger partial charge in [0.05, 0.1) is 4.92 Å². The van der Waals surface area contributed by atoms with Gasteiger partial charge < -0.3 is 10.2 Å². The van der Waals surface area contributed by atoms with Crippen molar-refractivity contribution in [2.24, 2.45) is 0 Å². The summed E-state index contributed by atoms with van der Waals surface area (Å²) in [5, 5.41) is 14.1. The molecule has 0 radical (unpaired) electrons. The Bertz CT molecular complexity index is 524. The van der Waals surface area contributed by atoms with Gasteiger partial charge in [-0.25, -0.2) is 0 Å². The molecule has 0 saturated carbocycles. The minimum atomic E-state index is -0.477. The Hall–Kier alpha value is -1.95. The largest absolute Gasteiger partial charge is 0.340 e.